The molecule has 1 saturated heterocycles. The lowest BCUT2D eigenvalue weighted by molar-refractivity contribution is -0.284. The van der Waals surface area contributed by atoms with E-state index in [1.165, 1.54) is 0 Å². The average molecular weight is 618 g/mol. The fourth-order valence-electron chi connectivity index (χ4n) is 6.07. The Morgan fingerprint density at radius 2 is 1.60 bits per heavy atom. The maximum atomic E-state index is 13.0. The summed E-state index contributed by atoms with van der Waals surface area (Å²) in [4.78, 5) is 2.38. The van der Waals surface area contributed by atoms with Gasteiger partial charge in [-0.05, 0) is 92.9 Å². The Bertz CT molecular complexity index is 1170. The van der Waals surface area contributed by atoms with E-state index < -0.39 is 35.7 Å². The van der Waals surface area contributed by atoms with Crippen molar-refractivity contribution in [2.75, 3.05) is 37.7 Å². The lowest BCUT2D eigenvalue weighted by Gasteiger charge is -2.34. The van der Waals surface area contributed by atoms with Gasteiger partial charge in [0.15, 0.2) is 0 Å². The van der Waals surface area contributed by atoms with E-state index in [1.807, 2.05) is 18.2 Å². The van der Waals surface area contributed by atoms with Gasteiger partial charge in [0.05, 0.1) is 6.61 Å². The molecule has 4 rings (SSSR count). The minimum Gasteiger partial charge on any atom is -0.508 e. The van der Waals surface area contributed by atoms with E-state index in [1.54, 1.807) is 24.3 Å². The Kier molecular flexibility index (Phi) is 11.1. The van der Waals surface area contributed by atoms with Crippen LogP contribution in [0.1, 0.15) is 74.3 Å². The van der Waals surface area contributed by atoms with Crippen LogP contribution in [0.3, 0.4) is 0 Å². The van der Waals surface area contributed by atoms with Crippen LogP contribution < -0.4 is 4.74 Å². The number of alkyl halides is 5. The van der Waals surface area contributed by atoms with E-state index in [4.69, 9.17) is 4.74 Å². The second-order valence-electron chi connectivity index (χ2n) is 11.6. The minimum absolute atomic E-state index is 0.127. The highest BCUT2D eigenvalue weighted by atomic mass is 32.2. The average Bonchev–Trinajstić information content (AvgIpc) is 2.93. The van der Waals surface area contributed by atoms with Crippen molar-refractivity contribution < 1.29 is 41.1 Å². The first-order chi connectivity index (χ1) is 19.9. The zero-order valence-electron chi connectivity index (χ0n) is 23.6. The molecule has 0 spiro atoms. The van der Waals surface area contributed by atoms with Crippen molar-refractivity contribution in [1.29, 1.82) is 0 Å². The molecule has 1 fully saturated rings. The second-order valence-corrected chi connectivity index (χ2v) is 13.2. The number of piperidine rings is 1. The number of hydrogen-bond donors (Lipinski definition) is 2. The van der Waals surface area contributed by atoms with Crippen molar-refractivity contribution >= 4 is 10.8 Å². The van der Waals surface area contributed by atoms with Crippen LogP contribution in [0.25, 0.3) is 0 Å². The summed E-state index contributed by atoms with van der Waals surface area (Å²) < 4.78 is 81.2. The highest BCUT2D eigenvalue weighted by molar-refractivity contribution is 7.84. The summed E-state index contributed by atoms with van der Waals surface area (Å²) in [5.41, 5.74) is 2.20. The molecule has 2 heterocycles. The molecule has 234 valence electrons. The molecule has 2 N–H and O–H groups in total. The summed E-state index contributed by atoms with van der Waals surface area (Å²) in [7, 11) is -1.39. The Balaban J connectivity index is 1.17. The normalized spacial score (nSPS) is 21.1. The van der Waals surface area contributed by atoms with Crippen molar-refractivity contribution in [3.05, 3.63) is 53.6 Å². The molecule has 2 aromatic carbocycles. The van der Waals surface area contributed by atoms with Gasteiger partial charge in [-0.25, -0.2) is 0 Å². The van der Waals surface area contributed by atoms with Gasteiger partial charge in [-0.1, -0.05) is 31.0 Å². The van der Waals surface area contributed by atoms with Gasteiger partial charge in [-0.2, -0.15) is 22.0 Å². The van der Waals surface area contributed by atoms with E-state index in [9.17, 15) is 36.4 Å². The standard InChI is InChI=1S/C31H40F5NO4S/c32-30(33,31(34,35)36)14-4-18-42(40)21-22-12-16-37(17-13-22)15-3-1-2-5-26-27-11-10-25(39)19-29(27)41-20-28(26)23-6-8-24(38)9-7-23/h6-11,19,22,26,28,38-39H,1-5,12-18,20-21H2/t26-,28-,42?/m1/s1. The molecule has 2 aromatic rings. The number of benzene rings is 2. The van der Waals surface area contributed by atoms with Gasteiger partial charge in [-0.15, -0.1) is 0 Å². The smallest absolute Gasteiger partial charge is 0.453 e. The van der Waals surface area contributed by atoms with Gasteiger partial charge in [0.2, 0.25) is 0 Å². The first-order valence-electron chi connectivity index (χ1n) is 14.7. The van der Waals surface area contributed by atoms with E-state index in [2.05, 4.69) is 4.90 Å². The Hall–Kier alpha value is -2.40. The number of halogens is 5. The third kappa shape index (κ3) is 8.81. The number of phenols is 2. The molecule has 5 nitrogen and oxygen atoms in total. The molecule has 1 unspecified atom stereocenters. The number of aromatic hydroxyl groups is 2. The molecular formula is C31H40F5NO4S. The summed E-state index contributed by atoms with van der Waals surface area (Å²) >= 11 is 0. The summed E-state index contributed by atoms with van der Waals surface area (Å²) in [5.74, 6) is -2.79. The van der Waals surface area contributed by atoms with Gasteiger partial charge in [0.1, 0.15) is 17.2 Å². The molecule has 0 radical (unpaired) electrons. The molecule has 3 atom stereocenters. The lowest BCUT2D eigenvalue weighted by Crippen LogP contribution is -2.37. The van der Waals surface area contributed by atoms with E-state index in [-0.39, 0.29) is 35.0 Å². The van der Waals surface area contributed by atoms with Crippen molar-refractivity contribution in [2.45, 2.75) is 75.3 Å². The number of rotatable bonds is 13. The number of hydrogen-bond acceptors (Lipinski definition) is 5. The van der Waals surface area contributed by atoms with Crippen LogP contribution in [0, 0.1) is 5.92 Å². The fourth-order valence-corrected chi connectivity index (χ4v) is 7.56. The second kappa shape index (κ2) is 14.4. The molecule has 0 aromatic heterocycles. The maximum Gasteiger partial charge on any atom is 0.453 e. The van der Waals surface area contributed by atoms with Crippen LogP contribution >= 0.6 is 0 Å². The molecule has 11 heteroatoms. The number of likely N-dealkylation sites (tertiary alicyclic amines) is 1. The van der Waals surface area contributed by atoms with Gasteiger partial charge in [-0.3, -0.25) is 4.21 Å². The van der Waals surface area contributed by atoms with Crippen molar-refractivity contribution in [3.8, 4) is 17.2 Å². The predicted octanol–water partition coefficient (Wildman–Crippen LogP) is 7.36. The summed E-state index contributed by atoms with van der Waals surface area (Å²) in [6, 6.07) is 12.6. The van der Waals surface area contributed by atoms with Crippen molar-refractivity contribution in [3.63, 3.8) is 0 Å². The zero-order chi connectivity index (χ0) is 30.3. The van der Waals surface area contributed by atoms with Crippen LogP contribution in [0.2, 0.25) is 0 Å². The van der Waals surface area contributed by atoms with Gasteiger partial charge in [0, 0.05) is 40.7 Å². The van der Waals surface area contributed by atoms with Gasteiger partial charge < -0.3 is 19.8 Å². The van der Waals surface area contributed by atoms with E-state index in [0.29, 0.717) is 12.4 Å². The number of fused-ring (bicyclic) bond motifs is 1. The maximum absolute atomic E-state index is 13.0. The first kappa shape index (κ1) is 32.5. The van der Waals surface area contributed by atoms with Crippen LogP contribution in [0.15, 0.2) is 42.5 Å². The number of ether oxygens (including phenoxy) is 1. The Morgan fingerprint density at radius 3 is 2.29 bits per heavy atom. The monoisotopic (exact) mass is 617 g/mol. The van der Waals surface area contributed by atoms with E-state index >= 15 is 0 Å². The van der Waals surface area contributed by atoms with Crippen molar-refractivity contribution in [1.82, 2.24) is 4.90 Å². The molecule has 2 aliphatic rings. The zero-order valence-corrected chi connectivity index (χ0v) is 24.4. The highest BCUT2D eigenvalue weighted by Crippen LogP contribution is 2.46. The number of nitrogens with zero attached hydrogens (tertiary/aromatic N) is 1. The minimum atomic E-state index is -5.56. The molecule has 42 heavy (non-hydrogen) atoms. The predicted molar refractivity (Wildman–Crippen MR) is 153 cm³/mol. The molecule has 2 aliphatic heterocycles. The number of phenolic OH excluding ortho intramolecular Hbond substituents is 2. The summed E-state index contributed by atoms with van der Waals surface area (Å²) in [5, 5.41) is 19.6. The fraction of sp³-hybridized carbons (Fsp3) is 0.613. The summed E-state index contributed by atoms with van der Waals surface area (Å²) in [6.45, 7) is 3.20. The summed E-state index contributed by atoms with van der Waals surface area (Å²) in [6.07, 6.45) is -1.48. The third-order valence-electron chi connectivity index (χ3n) is 8.52. The van der Waals surface area contributed by atoms with Crippen LogP contribution in [0.4, 0.5) is 22.0 Å². The van der Waals surface area contributed by atoms with Crippen LogP contribution in [0.5, 0.6) is 17.2 Å². The topological polar surface area (TPSA) is 70.0 Å². The Morgan fingerprint density at radius 1 is 0.905 bits per heavy atom. The molecule has 0 bridgehead atoms. The largest absolute Gasteiger partial charge is 0.508 e. The van der Waals surface area contributed by atoms with Gasteiger partial charge in [0.25, 0.3) is 0 Å². The van der Waals surface area contributed by atoms with E-state index in [0.717, 1.165) is 75.0 Å². The van der Waals surface area contributed by atoms with Crippen molar-refractivity contribution in [2.24, 2.45) is 5.92 Å². The highest BCUT2D eigenvalue weighted by Gasteiger charge is 2.56. The number of unbranched alkanes of at least 4 members (excludes halogenated alkanes) is 2. The third-order valence-corrected chi connectivity index (χ3v) is 10.1. The first-order valence-corrected chi connectivity index (χ1v) is 16.2. The quantitative estimate of drug-likeness (QED) is 0.182. The molecule has 0 amide bonds. The van der Waals surface area contributed by atoms with Gasteiger partial charge >= 0.3 is 12.1 Å². The SMILES string of the molecule is O=S(CCCC(F)(F)C(F)(F)F)CC1CCN(CCCCC[C@@H]2c3ccc(O)cc3OC[C@@H]2c2ccc(O)cc2)CC1. The Labute approximate surface area is 246 Å². The molecule has 0 aliphatic carbocycles. The lowest BCUT2D eigenvalue weighted by atomic mass is 9.77. The van der Waals surface area contributed by atoms with Crippen LogP contribution in [-0.4, -0.2) is 69.2 Å². The molecular weight excluding hydrogens is 577 g/mol. The molecule has 0 saturated carbocycles. The van der Waals surface area contributed by atoms with Crippen LogP contribution in [-0.2, 0) is 10.8 Å².